The minimum atomic E-state index is -1.79. The predicted octanol–water partition coefficient (Wildman–Crippen LogP) is 1.99. The lowest BCUT2D eigenvalue weighted by Crippen LogP contribution is -2.55. The summed E-state index contributed by atoms with van der Waals surface area (Å²) in [6.45, 7) is 3.11. The normalized spacial score (nSPS) is 18.2. The van der Waals surface area contributed by atoms with Crippen LogP contribution in [0.3, 0.4) is 0 Å². The van der Waals surface area contributed by atoms with Gasteiger partial charge in [0.1, 0.15) is 5.75 Å². The number of pyridine rings is 1. The lowest BCUT2D eigenvalue weighted by molar-refractivity contribution is -0.165. The zero-order valence-corrected chi connectivity index (χ0v) is 14.2. The van der Waals surface area contributed by atoms with Crippen molar-refractivity contribution in [2.75, 3.05) is 17.2 Å². The van der Waals surface area contributed by atoms with E-state index in [1.807, 2.05) is 0 Å². The summed E-state index contributed by atoms with van der Waals surface area (Å²) in [6.07, 6.45) is 3.04. The van der Waals surface area contributed by atoms with Gasteiger partial charge in [-0.15, -0.1) is 0 Å². The third-order valence-electron chi connectivity index (χ3n) is 3.84. The summed E-state index contributed by atoms with van der Waals surface area (Å²) in [5.74, 6) is -1.46. The molecule has 2 heterocycles. The first-order valence-electron chi connectivity index (χ1n) is 7.97. The maximum absolute atomic E-state index is 12.2. The van der Waals surface area contributed by atoms with E-state index in [2.05, 4.69) is 15.6 Å². The number of hydrogen-bond donors (Lipinski definition) is 2. The van der Waals surface area contributed by atoms with Gasteiger partial charge in [-0.1, -0.05) is 0 Å². The molecular formula is C18H17N3O5. The molecule has 1 aromatic carbocycles. The summed E-state index contributed by atoms with van der Waals surface area (Å²) < 4.78 is 10.5. The molecule has 8 heteroatoms. The number of aromatic nitrogens is 1. The molecule has 0 unspecified atom stereocenters. The molecule has 0 aliphatic carbocycles. The first kappa shape index (κ1) is 17.4. The van der Waals surface area contributed by atoms with E-state index in [-0.39, 0.29) is 18.3 Å². The maximum Gasteiger partial charge on any atom is 0.360 e. The SMILES string of the molecule is CCOC(=O)[C@]1(C)Oc2cc(NC(=O)c3ccncc3)ccc2NC1=O. The zero-order chi connectivity index (χ0) is 18.7. The van der Waals surface area contributed by atoms with Gasteiger partial charge in [-0.25, -0.2) is 4.79 Å². The number of fused-ring (bicyclic) bond motifs is 1. The summed E-state index contributed by atoms with van der Waals surface area (Å²) in [6, 6.07) is 7.91. The van der Waals surface area contributed by atoms with Gasteiger partial charge in [0, 0.05) is 29.7 Å². The number of esters is 1. The number of carbonyl (C=O) groups is 3. The number of rotatable bonds is 4. The number of nitrogens with zero attached hydrogens (tertiary/aromatic N) is 1. The molecule has 134 valence electrons. The minimum absolute atomic E-state index is 0.125. The van der Waals surface area contributed by atoms with Crippen molar-refractivity contribution in [2.24, 2.45) is 0 Å². The van der Waals surface area contributed by atoms with Crippen LogP contribution < -0.4 is 15.4 Å². The quantitative estimate of drug-likeness (QED) is 0.642. The van der Waals surface area contributed by atoms with E-state index in [4.69, 9.17) is 9.47 Å². The van der Waals surface area contributed by atoms with Crippen molar-refractivity contribution >= 4 is 29.2 Å². The molecule has 3 rings (SSSR count). The van der Waals surface area contributed by atoms with Crippen LogP contribution in [0.15, 0.2) is 42.7 Å². The van der Waals surface area contributed by atoms with Crippen LogP contribution in [-0.4, -0.2) is 35.0 Å². The summed E-state index contributed by atoms with van der Waals surface area (Å²) >= 11 is 0. The second-order valence-electron chi connectivity index (χ2n) is 5.71. The summed E-state index contributed by atoms with van der Waals surface area (Å²) in [5, 5.41) is 5.34. The Labute approximate surface area is 149 Å². The van der Waals surface area contributed by atoms with E-state index >= 15 is 0 Å². The Bertz CT molecular complexity index is 868. The van der Waals surface area contributed by atoms with Crippen LogP contribution in [0.4, 0.5) is 11.4 Å². The number of hydrogen-bond acceptors (Lipinski definition) is 6. The van der Waals surface area contributed by atoms with Crippen LogP contribution in [0.25, 0.3) is 0 Å². The molecule has 2 amide bonds. The summed E-state index contributed by atoms with van der Waals surface area (Å²) in [5.41, 5.74) is -0.494. The monoisotopic (exact) mass is 355 g/mol. The van der Waals surface area contributed by atoms with Crippen molar-refractivity contribution < 1.29 is 23.9 Å². The largest absolute Gasteiger partial charge is 0.464 e. The van der Waals surface area contributed by atoms with Gasteiger partial charge in [-0.05, 0) is 38.1 Å². The van der Waals surface area contributed by atoms with Gasteiger partial charge in [0.25, 0.3) is 17.4 Å². The Hall–Kier alpha value is -3.42. The molecular weight excluding hydrogens is 338 g/mol. The van der Waals surface area contributed by atoms with Gasteiger partial charge < -0.3 is 20.1 Å². The van der Waals surface area contributed by atoms with Crippen LogP contribution in [0.1, 0.15) is 24.2 Å². The predicted molar refractivity (Wildman–Crippen MR) is 92.9 cm³/mol. The van der Waals surface area contributed by atoms with Crippen molar-refractivity contribution in [3.05, 3.63) is 48.3 Å². The number of benzene rings is 1. The number of ether oxygens (including phenoxy) is 2. The molecule has 0 radical (unpaired) electrons. The van der Waals surface area contributed by atoms with Gasteiger partial charge in [0.05, 0.1) is 12.3 Å². The Balaban J connectivity index is 1.83. The van der Waals surface area contributed by atoms with Gasteiger partial charge in [0.2, 0.25) is 0 Å². The standard InChI is InChI=1S/C18H17N3O5/c1-3-25-17(24)18(2)16(23)21-13-5-4-12(10-14(13)26-18)20-15(22)11-6-8-19-9-7-11/h4-10H,3H2,1-2H3,(H,20,22)(H,21,23)/t18-/m1/s1. The van der Waals surface area contributed by atoms with Crippen molar-refractivity contribution in [2.45, 2.75) is 19.4 Å². The van der Waals surface area contributed by atoms with E-state index in [9.17, 15) is 14.4 Å². The molecule has 0 spiro atoms. The molecule has 0 saturated heterocycles. The van der Waals surface area contributed by atoms with E-state index in [1.54, 1.807) is 31.2 Å². The third-order valence-corrected chi connectivity index (χ3v) is 3.84. The molecule has 0 bridgehead atoms. The van der Waals surface area contributed by atoms with E-state index in [1.165, 1.54) is 25.4 Å². The highest BCUT2D eigenvalue weighted by Crippen LogP contribution is 2.36. The Kier molecular flexibility index (Phi) is 4.57. The number of carbonyl (C=O) groups excluding carboxylic acids is 3. The van der Waals surface area contributed by atoms with Crippen LogP contribution in [-0.2, 0) is 14.3 Å². The van der Waals surface area contributed by atoms with Gasteiger partial charge >= 0.3 is 5.97 Å². The highest BCUT2D eigenvalue weighted by Gasteiger charge is 2.48. The van der Waals surface area contributed by atoms with E-state index < -0.39 is 17.5 Å². The molecule has 26 heavy (non-hydrogen) atoms. The first-order chi connectivity index (χ1) is 12.4. The minimum Gasteiger partial charge on any atom is -0.464 e. The fourth-order valence-electron chi connectivity index (χ4n) is 2.41. The number of amides is 2. The van der Waals surface area contributed by atoms with Gasteiger partial charge in [-0.3, -0.25) is 14.6 Å². The topological polar surface area (TPSA) is 107 Å². The molecule has 0 fully saturated rings. The summed E-state index contributed by atoms with van der Waals surface area (Å²) in [7, 11) is 0. The van der Waals surface area contributed by atoms with Crippen molar-refractivity contribution in [1.82, 2.24) is 4.98 Å². The first-order valence-corrected chi connectivity index (χ1v) is 7.97. The van der Waals surface area contributed by atoms with Crippen LogP contribution >= 0.6 is 0 Å². The van der Waals surface area contributed by atoms with Crippen LogP contribution in [0.5, 0.6) is 5.75 Å². The lowest BCUT2D eigenvalue weighted by Gasteiger charge is -2.32. The van der Waals surface area contributed by atoms with Crippen molar-refractivity contribution in [3.8, 4) is 5.75 Å². The molecule has 1 aliphatic rings. The molecule has 1 aromatic heterocycles. The number of anilines is 2. The van der Waals surface area contributed by atoms with Gasteiger partial charge in [-0.2, -0.15) is 0 Å². The molecule has 1 atom stereocenters. The highest BCUT2D eigenvalue weighted by molar-refractivity contribution is 6.14. The van der Waals surface area contributed by atoms with E-state index in [0.717, 1.165) is 0 Å². The lowest BCUT2D eigenvalue weighted by atomic mass is 10.0. The molecule has 0 saturated carbocycles. The van der Waals surface area contributed by atoms with Crippen molar-refractivity contribution in [1.29, 1.82) is 0 Å². The molecule has 2 N–H and O–H groups in total. The van der Waals surface area contributed by atoms with E-state index in [0.29, 0.717) is 16.9 Å². The molecule has 1 aliphatic heterocycles. The zero-order valence-electron chi connectivity index (χ0n) is 14.2. The molecule has 2 aromatic rings. The average Bonchev–Trinajstić information content (AvgIpc) is 2.64. The van der Waals surface area contributed by atoms with Crippen molar-refractivity contribution in [3.63, 3.8) is 0 Å². The Morgan fingerprint density at radius 3 is 2.69 bits per heavy atom. The second-order valence-corrected chi connectivity index (χ2v) is 5.71. The third kappa shape index (κ3) is 3.21. The Morgan fingerprint density at radius 1 is 1.27 bits per heavy atom. The average molecular weight is 355 g/mol. The Morgan fingerprint density at radius 2 is 2.00 bits per heavy atom. The van der Waals surface area contributed by atoms with Crippen LogP contribution in [0.2, 0.25) is 0 Å². The summed E-state index contributed by atoms with van der Waals surface area (Å²) in [4.78, 5) is 40.4. The van der Waals surface area contributed by atoms with Crippen LogP contribution in [0, 0.1) is 0 Å². The van der Waals surface area contributed by atoms with Gasteiger partial charge in [0.15, 0.2) is 0 Å². The number of nitrogens with one attached hydrogen (secondary N) is 2. The maximum atomic E-state index is 12.2. The smallest absolute Gasteiger partial charge is 0.360 e. The molecule has 8 nitrogen and oxygen atoms in total. The fourth-order valence-corrected chi connectivity index (χ4v) is 2.41. The fraction of sp³-hybridized carbons (Fsp3) is 0.222. The highest BCUT2D eigenvalue weighted by atomic mass is 16.6. The second kappa shape index (κ2) is 6.83.